The van der Waals surface area contributed by atoms with E-state index in [4.69, 9.17) is 0 Å². The third kappa shape index (κ3) is 6.02. The van der Waals surface area contributed by atoms with Crippen LogP contribution in [0.4, 0.5) is 10.5 Å². The first kappa shape index (κ1) is 20.3. The van der Waals surface area contributed by atoms with Crippen LogP contribution in [0.3, 0.4) is 0 Å². The molecule has 1 aromatic carbocycles. The molecule has 6 nitrogen and oxygen atoms in total. The molecule has 0 aromatic heterocycles. The van der Waals surface area contributed by atoms with Gasteiger partial charge < -0.3 is 21.3 Å². The van der Waals surface area contributed by atoms with E-state index in [1.807, 2.05) is 13.8 Å². The molecule has 7 heteroatoms. The van der Waals surface area contributed by atoms with Gasteiger partial charge in [-0.2, -0.15) is 0 Å². The van der Waals surface area contributed by atoms with E-state index in [9.17, 15) is 9.59 Å². The third-order valence-electron chi connectivity index (χ3n) is 3.95. The number of piperidine rings is 1. The minimum atomic E-state index is -0.275. The topological polar surface area (TPSA) is 82.3 Å². The second kappa shape index (κ2) is 9.49. The van der Waals surface area contributed by atoms with E-state index in [1.54, 1.807) is 24.3 Å². The van der Waals surface area contributed by atoms with Gasteiger partial charge in [0, 0.05) is 29.9 Å². The van der Waals surface area contributed by atoms with Crippen molar-refractivity contribution in [3.63, 3.8) is 0 Å². The van der Waals surface area contributed by atoms with Crippen molar-refractivity contribution in [1.82, 2.24) is 16.0 Å². The SMILES string of the molecule is CC(C)NC(=O)Nc1cccc(C(=O)NC2CNCCC2C)c1.Cl. The highest BCUT2D eigenvalue weighted by Crippen LogP contribution is 2.14. The van der Waals surface area contributed by atoms with E-state index in [0.717, 1.165) is 19.5 Å². The van der Waals surface area contributed by atoms with E-state index in [2.05, 4.69) is 28.2 Å². The first-order valence-corrected chi connectivity index (χ1v) is 8.15. The fourth-order valence-corrected chi connectivity index (χ4v) is 2.60. The van der Waals surface area contributed by atoms with Crippen molar-refractivity contribution in [2.75, 3.05) is 18.4 Å². The van der Waals surface area contributed by atoms with Crippen LogP contribution in [-0.4, -0.2) is 37.1 Å². The maximum atomic E-state index is 12.4. The summed E-state index contributed by atoms with van der Waals surface area (Å²) in [6, 6.07) is 6.89. The molecule has 2 rings (SSSR count). The molecular weight excluding hydrogens is 328 g/mol. The van der Waals surface area contributed by atoms with E-state index in [1.165, 1.54) is 0 Å². The lowest BCUT2D eigenvalue weighted by Gasteiger charge is -2.30. The van der Waals surface area contributed by atoms with Gasteiger partial charge in [0.05, 0.1) is 0 Å². The molecule has 1 aromatic rings. The summed E-state index contributed by atoms with van der Waals surface area (Å²) in [5.41, 5.74) is 1.15. The molecule has 0 saturated carbocycles. The Labute approximate surface area is 149 Å². The summed E-state index contributed by atoms with van der Waals surface area (Å²) in [7, 11) is 0. The second-order valence-corrected chi connectivity index (χ2v) is 6.38. The van der Waals surface area contributed by atoms with Gasteiger partial charge in [-0.1, -0.05) is 13.0 Å². The third-order valence-corrected chi connectivity index (χ3v) is 3.95. The Morgan fingerprint density at radius 1 is 1.29 bits per heavy atom. The lowest BCUT2D eigenvalue weighted by molar-refractivity contribution is 0.0915. The maximum Gasteiger partial charge on any atom is 0.319 e. The number of halogens is 1. The zero-order chi connectivity index (χ0) is 16.8. The molecule has 24 heavy (non-hydrogen) atoms. The highest BCUT2D eigenvalue weighted by molar-refractivity contribution is 5.97. The average Bonchev–Trinajstić information content (AvgIpc) is 2.49. The van der Waals surface area contributed by atoms with Crippen molar-refractivity contribution in [3.05, 3.63) is 29.8 Å². The molecule has 1 heterocycles. The molecule has 2 unspecified atom stereocenters. The highest BCUT2D eigenvalue weighted by atomic mass is 35.5. The number of amides is 3. The molecule has 2 atom stereocenters. The number of carbonyl (C=O) groups excluding carboxylic acids is 2. The molecule has 0 bridgehead atoms. The van der Waals surface area contributed by atoms with Crippen LogP contribution in [0.25, 0.3) is 0 Å². The Kier molecular flexibility index (Phi) is 8.01. The van der Waals surface area contributed by atoms with Crippen molar-refractivity contribution in [3.8, 4) is 0 Å². The molecule has 1 aliphatic heterocycles. The molecule has 1 fully saturated rings. The van der Waals surface area contributed by atoms with Gasteiger partial charge in [0.1, 0.15) is 0 Å². The normalized spacial score (nSPS) is 20.0. The summed E-state index contributed by atoms with van der Waals surface area (Å²) in [5.74, 6) is 0.344. The molecule has 0 aliphatic carbocycles. The number of urea groups is 1. The summed E-state index contributed by atoms with van der Waals surface area (Å²) < 4.78 is 0. The molecule has 134 valence electrons. The Morgan fingerprint density at radius 3 is 2.71 bits per heavy atom. The van der Waals surface area contributed by atoms with Crippen LogP contribution < -0.4 is 21.3 Å². The van der Waals surface area contributed by atoms with Gasteiger partial charge in [0.2, 0.25) is 0 Å². The van der Waals surface area contributed by atoms with E-state index in [-0.39, 0.29) is 36.4 Å². The van der Waals surface area contributed by atoms with Gasteiger partial charge in [-0.3, -0.25) is 4.79 Å². The van der Waals surface area contributed by atoms with Crippen LogP contribution >= 0.6 is 12.4 Å². The molecular formula is C17H27ClN4O2. The predicted octanol–water partition coefficient (Wildman–Crippen LogP) is 2.37. The number of rotatable bonds is 4. The molecule has 0 radical (unpaired) electrons. The van der Waals surface area contributed by atoms with Gasteiger partial charge in [-0.15, -0.1) is 12.4 Å². The van der Waals surface area contributed by atoms with Crippen LogP contribution in [0.1, 0.15) is 37.6 Å². The predicted molar refractivity (Wildman–Crippen MR) is 98.9 cm³/mol. The lowest BCUT2D eigenvalue weighted by atomic mass is 9.94. The molecule has 1 saturated heterocycles. The van der Waals surface area contributed by atoms with Crippen LogP contribution in [0.5, 0.6) is 0 Å². The van der Waals surface area contributed by atoms with Gasteiger partial charge >= 0.3 is 6.03 Å². The van der Waals surface area contributed by atoms with Crippen molar-refractivity contribution >= 4 is 30.0 Å². The monoisotopic (exact) mass is 354 g/mol. The quantitative estimate of drug-likeness (QED) is 0.670. The van der Waals surface area contributed by atoms with Crippen molar-refractivity contribution in [2.24, 2.45) is 5.92 Å². The number of anilines is 1. The zero-order valence-corrected chi connectivity index (χ0v) is 15.2. The van der Waals surface area contributed by atoms with Gasteiger partial charge in [0.15, 0.2) is 0 Å². The summed E-state index contributed by atoms with van der Waals surface area (Å²) in [5, 5.41) is 11.9. The van der Waals surface area contributed by atoms with E-state index < -0.39 is 0 Å². The Balaban J connectivity index is 0.00000288. The van der Waals surface area contributed by atoms with Crippen LogP contribution in [0.15, 0.2) is 24.3 Å². The summed E-state index contributed by atoms with van der Waals surface area (Å²) >= 11 is 0. The fourth-order valence-electron chi connectivity index (χ4n) is 2.60. The van der Waals surface area contributed by atoms with E-state index >= 15 is 0 Å². The van der Waals surface area contributed by atoms with Crippen LogP contribution in [0, 0.1) is 5.92 Å². The molecule has 4 N–H and O–H groups in total. The summed E-state index contributed by atoms with van der Waals surface area (Å²) in [6.07, 6.45) is 1.06. The van der Waals surface area contributed by atoms with Gasteiger partial charge in [0.25, 0.3) is 5.91 Å². The molecule has 0 spiro atoms. The second-order valence-electron chi connectivity index (χ2n) is 6.38. The number of hydrogen-bond acceptors (Lipinski definition) is 3. The molecule has 3 amide bonds. The van der Waals surface area contributed by atoms with Gasteiger partial charge in [-0.25, -0.2) is 4.79 Å². The minimum Gasteiger partial charge on any atom is -0.348 e. The minimum absolute atomic E-state index is 0. The highest BCUT2D eigenvalue weighted by Gasteiger charge is 2.23. The van der Waals surface area contributed by atoms with Crippen LogP contribution in [-0.2, 0) is 0 Å². The van der Waals surface area contributed by atoms with Crippen molar-refractivity contribution < 1.29 is 9.59 Å². The Morgan fingerprint density at radius 2 is 2.04 bits per heavy atom. The zero-order valence-electron chi connectivity index (χ0n) is 14.4. The first-order valence-electron chi connectivity index (χ1n) is 8.15. The summed E-state index contributed by atoms with van der Waals surface area (Å²) in [6.45, 7) is 7.73. The average molecular weight is 355 g/mol. The number of nitrogens with one attached hydrogen (secondary N) is 4. The van der Waals surface area contributed by atoms with Crippen molar-refractivity contribution in [1.29, 1.82) is 0 Å². The smallest absolute Gasteiger partial charge is 0.319 e. The van der Waals surface area contributed by atoms with Gasteiger partial charge in [-0.05, 0) is 50.9 Å². The van der Waals surface area contributed by atoms with Crippen molar-refractivity contribution in [2.45, 2.75) is 39.3 Å². The van der Waals surface area contributed by atoms with Crippen LogP contribution in [0.2, 0.25) is 0 Å². The fraction of sp³-hybridized carbons (Fsp3) is 0.529. The Bertz CT molecular complexity index is 565. The van der Waals surface area contributed by atoms with E-state index in [0.29, 0.717) is 17.2 Å². The Hall–Kier alpha value is -1.79. The number of benzene rings is 1. The number of hydrogen-bond donors (Lipinski definition) is 4. The largest absolute Gasteiger partial charge is 0.348 e. The lowest BCUT2D eigenvalue weighted by Crippen LogP contribution is -2.50. The standard InChI is InChI=1S/C17H26N4O2.ClH/c1-11(2)19-17(23)20-14-6-4-5-13(9-14)16(22)21-15-10-18-8-7-12(15)3;/h4-6,9,11-12,15,18H,7-8,10H2,1-3H3,(H,21,22)(H2,19,20,23);1H. The number of carbonyl (C=O) groups is 2. The maximum absolute atomic E-state index is 12.4. The summed E-state index contributed by atoms with van der Waals surface area (Å²) in [4.78, 5) is 24.1. The molecule has 1 aliphatic rings. The first-order chi connectivity index (χ1) is 11.0.